The van der Waals surface area contributed by atoms with E-state index in [1.165, 1.54) is 12.1 Å². The van der Waals surface area contributed by atoms with Gasteiger partial charge < -0.3 is 8.95 Å². The summed E-state index contributed by atoms with van der Waals surface area (Å²) < 4.78 is 11.5. The lowest BCUT2D eigenvalue weighted by atomic mass is 10.2. The summed E-state index contributed by atoms with van der Waals surface area (Å²) in [6.45, 7) is 12.1. The van der Waals surface area contributed by atoms with Crippen molar-refractivity contribution in [3.05, 3.63) is 39.9 Å². The zero-order valence-electron chi connectivity index (χ0n) is 13.3. The Labute approximate surface area is 127 Å². The predicted molar refractivity (Wildman–Crippen MR) is 88.5 cm³/mol. The molecule has 0 unspecified atom stereocenters. The molecule has 0 N–H and O–H groups in total. The number of hydrogen-bond acceptors (Lipinski definition) is 5. The van der Waals surface area contributed by atoms with Gasteiger partial charge in [0.2, 0.25) is 14.2 Å². The van der Waals surface area contributed by atoms with Crippen LogP contribution in [0.4, 0.5) is 5.69 Å². The number of rotatable bonds is 5. The molecule has 1 aromatic carbocycles. The minimum Gasteiger partial charge on any atom is -0.529 e. The zero-order valence-corrected chi connectivity index (χ0v) is 15.3. The summed E-state index contributed by atoms with van der Waals surface area (Å²) in [5, 5.41) is 15.0. The Morgan fingerprint density at radius 2 is 1.76 bits per heavy atom. The average molecular weight is 327 g/mol. The van der Waals surface area contributed by atoms with E-state index in [4.69, 9.17) is 8.95 Å². The molecule has 0 aliphatic rings. The van der Waals surface area contributed by atoms with Gasteiger partial charge in [-0.1, -0.05) is 11.2 Å². The fourth-order valence-electron chi connectivity index (χ4n) is 1.35. The second-order valence-corrected chi connectivity index (χ2v) is 15.5. The van der Waals surface area contributed by atoms with E-state index >= 15 is 0 Å². The van der Waals surface area contributed by atoms with Gasteiger partial charge in [0, 0.05) is 17.7 Å². The molecule has 0 spiro atoms. The third-order valence-electron chi connectivity index (χ3n) is 2.11. The van der Waals surface area contributed by atoms with Crippen molar-refractivity contribution in [2.75, 3.05) is 0 Å². The van der Waals surface area contributed by atoms with Crippen LogP contribution in [0.15, 0.2) is 29.4 Å². The summed E-state index contributed by atoms with van der Waals surface area (Å²) in [5.41, 5.74) is 0.567. The van der Waals surface area contributed by atoms with Gasteiger partial charge in [0.15, 0.2) is 0 Å². The van der Waals surface area contributed by atoms with Crippen LogP contribution < -0.4 is 0 Å². The highest BCUT2D eigenvalue weighted by Gasteiger charge is 2.23. The van der Waals surface area contributed by atoms with Crippen LogP contribution in [0.3, 0.4) is 0 Å². The van der Waals surface area contributed by atoms with E-state index < -0.39 is 21.6 Å². The normalized spacial score (nSPS) is 13.0. The number of oxime groups is 1. The van der Waals surface area contributed by atoms with Gasteiger partial charge in [0.05, 0.1) is 4.92 Å². The van der Waals surface area contributed by atoms with Gasteiger partial charge in [0.1, 0.15) is 0 Å². The average Bonchev–Trinajstić information content (AvgIpc) is 2.32. The molecule has 0 radical (unpaired) electrons. The van der Waals surface area contributed by atoms with Gasteiger partial charge in [-0.3, -0.25) is 10.1 Å². The molecule has 116 valence electrons. The maximum atomic E-state index is 10.9. The molecule has 0 atom stereocenters. The van der Waals surface area contributed by atoms with E-state index in [-0.39, 0.29) is 5.69 Å². The summed E-state index contributed by atoms with van der Waals surface area (Å²) in [5.74, 6) is 0.320. The van der Waals surface area contributed by atoms with Gasteiger partial charge in [0.25, 0.3) is 14.0 Å². The number of benzene rings is 1. The highest BCUT2D eigenvalue weighted by Crippen LogP contribution is 2.17. The Hall–Kier alpha value is -1.68. The van der Waals surface area contributed by atoms with Crippen molar-refractivity contribution in [3.63, 3.8) is 0 Å². The molecule has 0 amide bonds. The first-order valence-electron chi connectivity index (χ1n) is 6.68. The highest BCUT2D eigenvalue weighted by atomic mass is 28.4. The Balaban J connectivity index is 3.17. The number of nitrogens with zero attached hydrogens (tertiary/aromatic N) is 2. The first-order chi connectivity index (χ1) is 9.48. The smallest absolute Gasteiger partial charge is 0.278 e. The molecule has 1 rings (SSSR count). The van der Waals surface area contributed by atoms with E-state index in [1.54, 1.807) is 12.1 Å². The highest BCUT2D eigenvalue weighted by molar-refractivity contribution is 6.71. The quantitative estimate of drug-likeness (QED) is 0.270. The van der Waals surface area contributed by atoms with Crippen molar-refractivity contribution < 1.29 is 13.9 Å². The van der Waals surface area contributed by atoms with E-state index in [0.717, 1.165) is 0 Å². The summed E-state index contributed by atoms with van der Waals surface area (Å²) in [6, 6.07) is 6.24. The van der Waals surface area contributed by atoms with Crippen molar-refractivity contribution in [2.45, 2.75) is 39.3 Å². The van der Waals surface area contributed by atoms with Crippen LogP contribution in [0, 0.1) is 10.1 Å². The molecule has 0 aliphatic carbocycles. The monoisotopic (exact) mass is 326 g/mol. The van der Waals surface area contributed by atoms with Crippen LogP contribution in [0.5, 0.6) is 0 Å². The van der Waals surface area contributed by atoms with Gasteiger partial charge in [-0.05, 0) is 45.3 Å². The lowest BCUT2D eigenvalue weighted by Crippen LogP contribution is -2.31. The Morgan fingerprint density at radius 1 is 1.14 bits per heavy atom. The minimum absolute atomic E-state index is 0.00683. The molecule has 0 aliphatic heterocycles. The minimum atomic E-state index is -1.91. The van der Waals surface area contributed by atoms with Crippen molar-refractivity contribution in [2.24, 2.45) is 5.16 Å². The van der Waals surface area contributed by atoms with Crippen LogP contribution in [-0.4, -0.2) is 27.5 Å². The Bertz CT molecular complexity index is 548. The fraction of sp³-hybridized carbons (Fsp3) is 0.462. The van der Waals surface area contributed by atoms with Gasteiger partial charge in [-0.15, -0.1) is 0 Å². The molecule has 0 saturated carbocycles. The molecular formula is C13H22N2O4Si2. The molecule has 6 nitrogen and oxygen atoms in total. The standard InChI is InChI=1S/C13H22N2O4Si2/c1-20(2,3)18-13(14-19-21(4,5)6)11-8-7-9-12(10-11)15(16)17/h7-10H,1-6H3/b14-13-. The van der Waals surface area contributed by atoms with Crippen LogP contribution in [0.1, 0.15) is 5.56 Å². The first-order valence-corrected chi connectivity index (χ1v) is 13.5. The summed E-state index contributed by atoms with van der Waals surface area (Å²) in [4.78, 5) is 10.5. The van der Waals surface area contributed by atoms with E-state index in [1.807, 2.05) is 39.3 Å². The molecule has 1 aromatic rings. The van der Waals surface area contributed by atoms with Crippen molar-refractivity contribution in [3.8, 4) is 0 Å². The third kappa shape index (κ3) is 6.54. The second-order valence-electron chi connectivity index (χ2n) is 6.62. The van der Waals surface area contributed by atoms with Crippen molar-refractivity contribution >= 4 is 28.2 Å². The third-order valence-corrected chi connectivity index (χ3v) is 3.55. The van der Waals surface area contributed by atoms with Crippen LogP contribution in [0.25, 0.3) is 0 Å². The number of non-ortho nitro benzene ring substituents is 1. The Morgan fingerprint density at radius 3 is 2.24 bits per heavy atom. The molecule has 0 bridgehead atoms. The van der Waals surface area contributed by atoms with Crippen molar-refractivity contribution in [1.29, 1.82) is 0 Å². The van der Waals surface area contributed by atoms with Crippen LogP contribution in [-0.2, 0) is 8.95 Å². The van der Waals surface area contributed by atoms with Crippen LogP contribution >= 0.6 is 0 Å². The molecule has 0 fully saturated rings. The van der Waals surface area contributed by atoms with Crippen LogP contribution in [0.2, 0.25) is 39.3 Å². The van der Waals surface area contributed by atoms with E-state index in [2.05, 4.69) is 5.16 Å². The Kier molecular flexibility index (Phi) is 5.29. The lowest BCUT2D eigenvalue weighted by molar-refractivity contribution is -0.384. The molecule has 0 heterocycles. The van der Waals surface area contributed by atoms with Gasteiger partial charge in [-0.25, -0.2) is 0 Å². The first kappa shape index (κ1) is 17.4. The molecular weight excluding hydrogens is 304 g/mol. The topological polar surface area (TPSA) is 74.0 Å². The fourth-order valence-corrected chi connectivity index (χ4v) is 2.44. The zero-order chi connectivity index (χ0) is 16.3. The summed E-state index contributed by atoms with van der Waals surface area (Å²) >= 11 is 0. The number of hydrogen-bond donors (Lipinski definition) is 0. The lowest BCUT2D eigenvalue weighted by Gasteiger charge is -2.22. The largest absolute Gasteiger partial charge is 0.529 e. The van der Waals surface area contributed by atoms with Gasteiger partial charge in [-0.2, -0.15) is 0 Å². The SMILES string of the molecule is C[Si](C)(C)O/N=C(\O[Si](C)(C)C)c1cccc([N+](=O)[O-])c1. The number of nitro benzene ring substituents is 1. The van der Waals surface area contributed by atoms with E-state index in [9.17, 15) is 10.1 Å². The number of nitro groups is 1. The van der Waals surface area contributed by atoms with E-state index in [0.29, 0.717) is 11.5 Å². The maximum absolute atomic E-state index is 10.9. The maximum Gasteiger partial charge on any atom is 0.278 e. The molecule has 0 saturated heterocycles. The molecule has 21 heavy (non-hydrogen) atoms. The van der Waals surface area contributed by atoms with Gasteiger partial charge >= 0.3 is 0 Å². The molecule has 0 aromatic heterocycles. The summed E-state index contributed by atoms with van der Waals surface area (Å²) in [7, 11) is -3.76. The molecule has 8 heteroatoms. The predicted octanol–water partition coefficient (Wildman–Crippen LogP) is 3.96. The summed E-state index contributed by atoms with van der Waals surface area (Å²) in [6.07, 6.45) is 0. The van der Waals surface area contributed by atoms with Crippen molar-refractivity contribution in [1.82, 2.24) is 0 Å². The second kappa shape index (κ2) is 6.40.